The summed E-state index contributed by atoms with van der Waals surface area (Å²) >= 11 is 1.50. The number of aromatic nitrogens is 1. The number of piperidine rings is 1. The summed E-state index contributed by atoms with van der Waals surface area (Å²) in [7, 11) is 0. The molecular formula is C20H24N2O3S. The van der Waals surface area contributed by atoms with Crippen molar-refractivity contribution in [2.75, 3.05) is 13.1 Å². The van der Waals surface area contributed by atoms with Gasteiger partial charge in [-0.05, 0) is 50.2 Å². The maximum atomic E-state index is 12.8. The third kappa shape index (κ3) is 3.96. The molecule has 1 aromatic carbocycles. The van der Waals surface area contributed by atoms with Gasteiger partial charge in [-0.15, -0.1) is 11.3 Å². The van der Waals surface area contributed by atoms with E-state index in [1.54, 1.807) is 12.1 Å². The van der Waals surface area contributed by atoms with Crippen molar-refractivity contribution in [1.29, 1.82) is 0 Å². The fraction of sp³-hybridized carbons (Fsp3) is 0.450. The van der Waals surface area contributed by atoms with E-state index >= 15 is 0 Å². The van der Waals surface area contributed by atoms with Gasteiger partial charge in [-0.1, -0.05) is 25.1 Å². The summed E-state index contributed by atoms with van der Waals surface area (Å²) in [6.07, 6.45) is 3.41. The largest absolute Gasteiger partial charge is 0.478 e. The smallest absolute Gasteiger partial charge is 0.335 e. The van der Waals surface area contributed by atoms with E-state index in [9.17, 15) is 14.7 Å². The minimum absolute atomic E-state index is 0.0871. The van der Waals surface area contributed by atoms with Crippen LogP contribution in [0.15, 0.2) is 24.3 Å². The van der Waals surface area contributed by atoms with Crippen molar-refractivity contribution in [3.63, 3.8) is 0 Å². The lowest BCUT2D eigenvalue weighted by molar-refractivity contribution is 0.0694. The molecular weight excluding hydrogens is 348 g/mol. The molecule has 6 heteroatoms. The fourth-order valence-electron chi connectivity index (χ4n) is 3.50. The Balaban J connectivity index is 1.62. The minimum atomic E-state index is -0.874. The number of hydrogen-bond acceptors (Lipinski definition) is 4. The highest BCUT2D eigenvalue weighted by Gasteiger charge is 2.27. The second kappa shape index (κ2) is 7.99. The number of hydrogen-bond donors (Lipinski definition) is 1. The van der Waals surface area contributed by atoms with Gasteiger partial charge in [0.1, 0.15) is 4.88 Å². The molecule has 0 saturated carbocycles. The molecule has 0 bridgehead atoms. The molecule has 1 fully saturated rings. The fourth-order valence-corrected chi connectivity index (χ4v) is 4.48. The van der Waals surface area contributed by atoms with Crippen molar-refractivity contribution in [2.24, 2.45) is 5.92 Å². The molecule has 0 unspecified atom stereocenters. The zero-order valence-corrected chi connectivity index (χ0v) is 16.0. The first-order valence-corrected chi connectivity index (χ1v) is 9.88. The topological polar surface area (TPSA) is 70.5 Å². The van der Waals surface area contributed by atoms with Gasteiger partial charge in [0, 0.05) is 13.1 Å². The summed E-state index contributed by atoms with van der Waals surface area (Å²) in [5.41, 5.74) is 2.10. The van der Waals surface area contributed by atoms with Gasteiger partial charge in [0.25, 0.3) is 5.91 Å². The zero-order valence-electron chi connectivity index (χ0n) is 15.2. The van der Waals surface area contributed by atoms with E-state index in [2.05, 4.69) is 4.98 Å². The molecule has 5 nitrogen and oxygen atoms in total. The molecule has 3 rings (SSSR count). The highest BCUT2D eigenvalue weighted by molar-refractivity contribution is 7.13. The van der Waals surface area contributed by atoms with Gasteiger partial charge in [-0.3, -0.25) is 4.79 Å². The predicted octanol–water partition coefficient (Wildman–Crippen LogP) is 3.81. The maximum Gasteiger partial charge on any atom is 0.335 e. The van der Waals surface area contributed by atoms with Crippen LogP contribution in [0, 0.1) is 12.8 Å². The van der Waals surface area contributed by atoms with E-state index in [-0.39, 0.29) is 5.91 Å². The summed E-state index contributed by atoms with van der Waals surface area (Å²) in [6, 6.07) is 7.20. The first kappa shape index (κ1) is 18.6. The number of rotatable bonds is 5. The first-order chi connectivity index (χ1) is 12.5. The highest BCUT2D eigenvalue weighted by Crippen LogP contribution is 2.26. The number of carboxylic acid groups (broad SMARTS) is 1. The Labute approximate surface area is 157 Å². The molecule has 0 radical (unpaired) electrons. The second-order valence-corrected chi connectivity index (χ2v) is 7.86. The number of carboxylic acids is 1. The zero-order chi connectivity index (χ0) is 18.7. The molecule has 138 valence electrons. The van der Waals surface area contributed by atoms with E-state index in [0.29, 0.717) is 11.5 Å². The van der Waals surface area contributed by atoms with E-state index in [1.165, 1.54) is 11.3 Å². The number of likely N-dealkylation sites (tertiary alicyclic amines) is 1. The summed E-state index contributed by atoms with van der Waals surface area (Å²) < 4.78 is 0. The van der Waals surface area contributed by atoms with Crippen molar-refractivity contribution in [3.8, 4) is 0 Å². The van der Waals surface area contributed by atoms with Crippen molar-refractivity contribution >= 4 is 23.2 Å². The first-order valence-electron chi connectivity index (χ1n) is 9.06. The average Bonchev–Trinajstić information content (AvgIpc) is 3.03. The second-order valence-electron chi connectivity index (χ2n) is 6.78. The number of amides is 1. The van der Waals surface area contributed by atoms with Crippen molar-refractivity contribution in [3.05, 3.63) is 51.0 Å². The van der Waals surface area contributed by atoms with Crippen LogP contribution in [0.25, 0.3) is 0 Å². The van der Waals surface area contributed by atoms with Crippen molar-refractivity contribution in [1.82, 2.24) is 9.88 Å². The molecule has 26 heavy (non-hydrogen) atoms. The average molecular weight is 372 g/mol. The Morgan fingerprint density at radius 3 is 2.58 bits per heavy atom. The Bertz CT molecular complexity index is 807. The monoisotopic (exact) mass is 372 g/mol. The quantitative estimate of drug-likeness (QED) is 0.866. The van der Waals surface area contributed by atoms with Gasteiger partial charge in [0.15, 0.2) is 0 Å². The predicted molar refractivity (Wildman–Crippen MR) is 102 cm³/mol. The molecule has 1 N–H and O–H groups in total. The van der Waals surface area contributed by atoms with Gasteiger partial charge in [-0.2, -0.15) is 0 Å². The third-order valence-electron chi connectivity index (χ3n) is 5.00. The van der Waals surface area contributed by atoms with Crippen LogP contribution in [0.3, 0.4) is 0 Å². The van der Waals surface area contributed by atoms with Crippen LogP contribution in [0.1, 0.15) is 56.1 Å². The van der Waals surface area contributed by atoms with Gasteiger partial charge >= 0.3 is 5.97 Å². The lowest BCUT2D eigenvalue weighted by Gasteiger charge is -2.32. The Hall–Kier alpha value is -2.21. The Morgan fingerprint density at radius 1 is 1.27 bits per heavy atom. The van der Waals surface area contributed by atoms with Crippen LogP contribution in [0.5, 0.6) is 0 Å². The molecule has 0 atom stereocenters. The molecule has 2 heterocycles. The lowest BCUT2D eigenvalue weighted by Crippen LogP contribution is -2.38. The number of carbonyl (C=O) groups is 2. The molecule has 1 saturated heterocycles. The number of aromatic carboxylic acids is 1. The van der Waals surface area contributed by atoms with E-state index in [0.717, 1.165) is 59.9 Å². The van der Waals surface area contributed by atoms with Crippen LogP contribution in [0.4, 0.5) is 0 Å². The van der Waals surface area contributed by atoms with Crippen LogP contribution in [-0.2, 0) is 12.8 Å². The van der Waals surface area contributed by atoms with E-state index < -0.39 is 5.97 Å². The Kier molecular flexibility index (Phi) is 5.71. The summed E-state index contributed by atoms with van der Waals surface area (Å²) in [5, 5.41) is 10.3. The highest BCUT2D eigenvalue weighted by atomic mass is 32.1. The number of carbonyl (C=O) groups excluding carboxylic acids is 1. The maximum absolute atomic E-state index is 12.8. The number of nitrogens with zero attached hydrogens (tertiary/aromatic N) is 2. The summed E-state index contributed by atoms with van der Waals surface area (Å²) in [4.78, 5) is 31.3. The summed E-state index contributed by atoms with van der Waals surface area (Å²) in [6.45, 7) is 5.39. The van der Waals surface area contributed by atoms with Gasteiger partial charge in [-0.25, -0.2) is 9.78 Å². The molecule has 2 aromatic rings. The molecule has 1 aliphatic heterocycles. The lowest BCUT2D eigenvalue weighted by atomic mass is 9.88. The molecule has 1 aliphatic rings. The number of benzene rings is 1. The summed E-state index contributed by atoms with van der Waals surface area (Å²) in [5.74, 6) is -0.377. The van der Waals surface area contributed by atoms with Crippen LogP contribution in [0.2, 0.25) is 0 Å². The van der Waals surface area contributed by atoms with E-state index in [1.807, 2.05) is 30.9 Å². The van der Waals surface area contributed by atoms with Crippen molar-refractivity contribution < 1.29 is 14.7 Å². The standard InChI is InChI=1S/C20H24N2O3S/c1-3-17-21-13(2)18(26-17)19(23)22-10-8-14(9-11-22)12-15-6-4-5-7-16(15)20(24)25/h4-7,14H,3,8-12H2,1-2H3,(H,24,25). The minimum Gasteiger partial charge on any atom is -0.478 e. The van der Waals surface area contributed by atoms with Crippen LogP contribution >= 0.6 is 11.3 Å². The van der Waals surface area contributed by atoms with Crippen LogP contribution < -0.4 is 0 Å². The molecule has 0 spiro atoms. The van der Waals surface area contributed by atoms with Crippen molar-refractivity contribution in [2.45, 2.75) is 39.5 Å². The Morgan fingerprint density at radius 2 is 1.96 bits per heavy atom. The van der Waals surface area contributed by atoms with Gasteiger partial charge in [0.05, 0.1) is 16.3 Å². The third-order valence-corrected chi connectivity index (χ3v) is 6.29. The molecule has 1 aromatic heterocycles. The normalized spacial score (nSPS) is 15.2. The van der Waals surface area contributed by atoms with Crippen LogP contribution in [-0.4, -0.2) is 40.0 Å². The van der Waals surface area contributed by atoms with Gasteiger partial charge < -0.3 is 10.0 Å². The SMILES string of the molecule is CCc1nc(C)c(C(=O)N2CCC(Cc3ccccc3C(=O)O)CC2)s1. The van der Waals surface area contributed by atoms with E-state index in [4.69, 9.17) is 0 Å². The molecule has 1 amide bonds. The number of thiazole rings is 1. The number of aryl methyl sites for hydroxylation is 2. The molecule has 0 aliphatic carbocycles. The van der Waals surface area contributed by atoms with Gasteiger partial charge in [0.2, 0.25) is 0 Å².